The van der Waals surface area contributed by atoms with Crippen molar-refractivity contribution in [1.82, 2.24) is 9.97 Å². The Balaban J connectivity index is 2.65. The summed E-state index contributed by atoms with van der Waals surface area (Å²) in [6.07, 6.45) is 0. The van der Waals surface area contributed by atoms with E-state index in [1.165, 1.54) is 0 Å². The molecule has 0 saturated heterocycles. The maximum Gasteiger partial charge on any atom is 0.321 e. The minimum absolute atomic E-state index is 0.0881. The number of thioether (sulfide) groups is 1. The highest BCUT2D eigenvalue weighted by molar-refractivity contribution is 7.99. The van der Waals surface area contributed by atoms with E-state index < -0.39 is 12.0 Å². The molecule has 0 amide bonds. The number of H-pyrrole nitrogens is 1. The molecule has 0 fully saturated rings. The van der Waals surface area contributed by atoms with Crippen molar-refractivity contribution >= 4 is 23.5 Å². The number of carbonyl (C=O) groups is 1. The number of nitrogens with zero attached hydrogens (tertiary/aromatic N) is 1. The lowest BCUT2D eigenvalue weighted by Gasteiger charge is -2.04. The van der Waals surface area contributed by atoms with Crippen LogP contribution >= 0.6 is 11.8 Å². The standard InChI is InChI=1S/C7H10N4O3S/c8-3(6(13)14)2-15-7-10-4(9)1-5(12)11-7/h1,3H,2,8H2,(H,13,14)(H3,9,10,11,12). The molecule has 0 aliphatic rings. The SMILES string of the molecule is Nc1cc(=O)[nH]c(SCC(N)C(=O)O)n1. The van der Waals surface area contributed by atoms with Crippen molar-refractivity contribution in [2.75, 3.05) is 11.5 Å². The normalized spacial score (nSPS) is 12.3. The monoisotopic (exact) mass is 230 g/mol. The Morgan fingerprint density at radius 2 is 2.40 bits per heavy atom. The van der Waals surface area contributed by atoms with Crippen LogP contribution in [0.5, 0.6) is 0 Å². The predicted molar refractivity (Wildman–Crippen MR) is 55.6 cm³/mol. The van der Waals surface area contributed by atoms with Gasteiger partial charge in [-0.1, -0.05) is 11.8 Å². The van der Waals surface area contributed by atoms with E-state index in [0.29, 0.717) is 0 Å². The Morgan fingerprint density at radius 1 is 1.73 bits per heavy atom. The number of nitrogen functional groups attached to an aromatic ring is 1. The first-order valence-corrected chi connectivity index (χ1v) is 4.95. The molecule has 8 heteroatoms. The van der Waals surface area contributed by atoms with E-state index in [1.54, 1.807) is 0 Å². The first-order chi connectivity index (χ1) is 6.99. The lowest BCUT2D eigenvalue weighted by atomic mass is 10.4. The molecule has 15 heavy (non-hydrogen) atoms. The third kappa shape index (κ3) is 3.60. The Bertz CT molecular complexity index is 419. The van der Waals surface area contributed by atoms with E-state index in [4.69, 9.17) is 16.6 Å². The Labute approximate surface area is 88.9 Å². The van der Waals surface area contributed by atoms with Gasteiger partial charge >= 0.3 is 5.97 Å². The van der Waals surface area contributed by atoms with Gasteiger partial charge in [0.2, 0.25) is 0 Å². The molecule has 6 N–H and O–H groups in total. The fraction of sp³-hybridized carbons (Fsp3) is 0.286. The number of carboxylic acid groups (broad SMARTS) is 1. The second-order valence-corrected chi connectivity index (χ2v) is 3.74. The van der Waals surface area contributed by atoms with Crippen LogP contribution in [0.1, 0.15) is 0 Å². The molecular weight excluding hydrogens is 220 g/mol. The van der Waals surface area contributed by atoms with Gasteiger partial charge in [0.05, 0.1) is 0 Å². The van der Waals surface area contributed by atoms with Crippen molar-refractivity contribution in [3.63, 3.8) is 0 Å². The van der Waals surface area contributed by atoms with Gasteiger partial charge in [-0.2, -0.15) is 0 Å². The third-order valence-electron chi connectivity index (χ3n) is 1.46. The second-order valence-electron chi connectivity index (χ2n) is 2.73. The first-order valence-electron chi connectivity index (χ1n) is 3.97. The van der Waals surface area contributed by atoms with Crippen molar-refractivity contribution in [3.8, 4) is 0 Å². The van der Waals surface area contributed by atoms with E-state index in [1.807, 2.05) is 0 Å². The van der Waals surface area contributed by atoms with E-state index >= 15 is 0 Å². The highest BCUT2D eigenvalue weighted by Gasteiger charge is 2.12. The zero-order valence-corrected chi connectivity index (χ0v) is 8.45. The first kappa shape index (κ1) is 11.5. The minimum atomic E-state index is -1.10. The molecule has 0 saturated carbocycles. The average molecular weight is 230 g/mol. The number of anilines is 1. The largest absolute Gasteiger partial charge is 0.480 e. The van der Waals surface area contributed by atoms with Crippen LogP contribution in [0.2, 0.25) is 0 Å². The smallest absolute Gasteiger partial charge is 0.321 e. The zero-order valence-electron chi connectivity index (χ0n) is 7.64. The van der Waals surface area contributed by atoms with Crippen LogP contribution in [0, 0.1) is 0 Å². The van der Waals surface area contributed by atoms with Crippen molar-refractivity contribution < 1.29 is 9.90 Å². The minimum Gasteiger partial charge on any atom is -0.480 e. The van der Waals surface area contributed by atoms with Gasteiger partial charge in [0.25, 0.3) is 5.56 Å². The summed E-state index contributed by atoms with van der Waals surface area (Å²) in [4.78, 5) is 27.6. The van der Waals surface area contributed by atoms with Gasteiger partial charge in [0.15, 0.2) is 5.16 Å². The molecule has 7 nitrogen and oxygen atoms in total. The fourth-order valence-electron chi connectivity index (χ4n) is 0.762. The molecule has 1 rings (SSSR count). The van der Waals surface area contributed by atoms with Crippen LogP contribution < -0.4 is 17.0 Å². The third-order valence-corrected chi connectivity index (χ3v) is 2.45. The van der Waals surface area contributed by atoms with Crippen molar-refractivity contribution in [3.05, 3.63) is 16.4 Å². The number of aromatic nitrogens is 2. The molecule has 0 bridgehead atoms. The number of aromatic amines is 1. The number of aliphatic carboxylic acids is 1. The maximum atomic E-state index is 11.0. The van der Waals surface area contributed by atoms with Crippen molar-refractivity contribution in [2.24, 2.45) is 5.73 Å². The zero-order chi connectivity index (χ0) is 11.4. The van der Waals surface area contributed by atoms with Crippen molar-refractivity contribution in [1.29, 1.82) is 0 Å². The molecule has 1 aromatic heterocycles. The summed E-state index contributed by atoms with van der Waals surface area (Å²) in [5.41, 5.74) is 10.2. The number of rotatable bonds is 4. The molecular formula is C7H10N4O3S. The highest BCUT2D eigenvalue weighted by Crippen LogP contribution is 2.12. The summed E-state index contributed by atoms with van der Waals surface area (Å²) < 4.78 is 0. The average Bonchev–Trinajstić information content (AvgIpc) is 2.12. The summed E-state index contributed by atoms with van der Waals surface area (Å²) in [5.74, 6) is -0.902. The molecule has 1 aromatic rings. The van der Waals surface area contributed by atoms with Gasteiger partial charge < -0.3 is 21.6 Å². The van der Waals surface area contributed by atoms with Gasteiger partial charge in [0.1, 0.15) is 11.9 Å². The van der Waals surface area contributed by atoms with Gasteiger partial charge in [-0.15, -0.1) is 0 Å². The van der Waals surface area contributed by atoms with Gasteiger partial charge in [-0.25, -0.2) is 4.98 Å². The molecule has 1 heterocycles. The molecule has 0 radical (unpaired) electrons. The quantitative estimate of drug-likeness (QED) is 0.379. The molecule has 0 spiro atoms. The van der Waals surface area contributed by atoms with Crippen molar-refractivity contribution in [2.45, 2.75) is 11.2 Å². The van der Waals surface area contributed by atoms with E-state index in [2.05, 4.69) is 9.97 Å². The van der Waals surface area contributed by atoms with Crippen LogP contribution in [0.25, 0.3) is 0 Å². The summed E-state index contributed by atoms with van der Waals surface area (Å²) >= 11 is 1.03. The number of hydrogen-bond donors (Lipinski definition) is 4. The van der Waals surface area contributed by atoms with Crippen LogP contribution in [0.4, 0.5) is 5.82 Å². The van der Waals surface area contributed by atoms with E-state index in [0.717, 1.165) is 17.8 Å². The molecule has 0 aromatic carbocycles. The predicted octanol–water partition coefficient (Wildman–Crippen LogP) is -1.14. The maximum absolute atomic E-state index is 11.0. The lowest BCUT2D eigenvalue weighted by molar-refractivity contribution is -0.137. The molecule has 82 valence electrons. The number of nitrogens with two attached hydrogens (primary N) is 2. The number of hydrogen-bond acceptors (Lipinski definition) is 6. The highest BCUT2D eigenvalue weighted by atomic mass is 32.2. The topological polar surface area (TPSA) is 135 Å². The number of nitrogens with one attached hydrogen (secondary N) is 1. The fourth-order valence-corrected chi connectivity index (χ4v) is 1.58. The lowest BCUT2D eigenvalue weighted by Crippen LogP contribution is -2.32. The van der Waals surface area contributed by atoms with E-state index in [9.17, 15) is 9.59 Å². The second kappa shape index (κ2) is 4.80. The molecule has 1 atom stereocenters. The van der Waals surface area contributed by atoms with E-state index in [-0.39, 0.29) is 22.3 Å². The molecule has 0 aliphatic carbocycles. The van der Waals surface area contributed by atoms with Gasteiger partial charge in [-0.3, -0.25) is 9.59 Å². The summed E-state index contributed by atoms with van der Waals surface area (Å²) in [6, 6.07) is 0.142. The molecule has 0 aliphatic heterocycles. The Kier molecular flexibility index (Phi) is 3.69. The van der Waals surface area contributed by atoms with Crippen LogP contribution in [0.15, 0.2) is 16.0 Å². The van der Waals surface area contributed by atoms with Crippen LogP contribution in [-0.4, -0.2) is 32.8 Å². The van der Waals surface area contributed by atoms with Crippen LogP contribution in [-0.2, 0) is 4.79 Å². The van der Waals surface area contributed by atoms with Crippen LogP contribution in [0.3, 0.4) is 0 Å². The van der Waals surface area contributed by atoms with Gasteiger partial charge in [-0.05, 0) is 0 Å². The number of carboxylic acids is 1. The summed E-state index contributed by atoms with van der Waals surface area (Å²) in [7, 11) is 0. The summed E-state index contributed by atoms with van der Waals surface area (Å²) in [6.45, 7) is 0. The Hall–Kier alpha value is -1.54. The Morgan fingerprint density at radius 3 is 2.93 bits per heavy atom. The van der Waals surface area contributed by atoms with Gasteiger partial charge in [0, 0.05) is 11.8 Å². The molecule has 1 unspecified atom stereocenters. The summed E-state index contributed by atoms with van der Waals surface area (Å²) in [5, 5.41) is 8.77.